The Kier molecular flexibility index (Phi) is 5.35. The van der Waals surface area contributed by atoms with Gasteiger partial charge in [0.05, 0.1) is 13.2 Å². The van der Waals surface area contributed by atoms with Gasteiger partial charge in [-0.2, -0.15) is 0 Å². The second kappa shape index (κ2) is 8.07. The third-order valence-electron chi connectivity index (χ3n) is 5.63. The number of hydrogen-bond acceptors (Lipinski definition) is 3. The van der Waals surface area contributed by atoms with Crippen LogP contribution in [0.4, 0.5) is 0 Å². The third kappa shape index (κ3) is 3.76. The molecule has 2 aromatic carbocycles. The number of hydrogen-bond donors (Lipinski definition) is 1. The minimum absolute atomic E-state index is 0.0284. The molecule has 1 aliphatic rings. The fourth-order valence-electron chi connectivity index (χ4n) is 4.05. The molecule has 0 aliphatic carbocycles. The van der Waals surface area contributed by atoms with E-state index in [1.807, 2.05) is 54.1 Å². The summed E-state index contributed by atoms with van der Waals surface area (Å²) in [6.07, 6.45) is 2.47. The summed E-state index contributed by atoms with van der Waals surface area (Å²) in [5.74, 6) is 0.743. The van der Waals surface area contributed by atoms with E-state index in [1.54, 1.807) is 7.11 Å². The van der Waals surface area contributed by atoms with Gasteiger partial charge in [0, 0.05) is 24.5 Å². The molecule has 1 aliphatic heterocycles. The van der Waals surface area contributed by atoms with Crippen molar-refractivity contribution in [3.05, 3.63) is 65.9 Å². The number of fused-ring (bicyclic) bond motifs is 1. The normalized spacial score (nSPS) is 15.6. The van der Waals surface area contributed by atoms with Crippen molar-refractivity contribution in [2.24, 2.45) is 7.05 Å². The predicted molar refractivity (Wildman–Crippen MR) is 112 cm³/mol. The minimum atomic E-state index is -0.0503. The van der Waals surface area contributed by atoms with Gasteiger partial charge >= 0.3 is 0 Å². The van der Waals surface area contributed by atoms with Gasteiger partial charge in [0.25, 0.3) is 5.91 Å². The second-order valence-electron chi connectivity index (χ2n) is 7.46. The largest absolute Gasteiger partial charge is 0.497 e. The summed E-state index contributed by atoms with van der Waals surface area (Å²) >= 11 is 0. The van der Waals surface area contributed by atoms with Gasteiger partial charge < -0.3 is 19.5 Å². The van der Waals surface area contributed by atoms with E-state index in [0.29, 0.717) is 5.69 Å². The van der Waals surface area contributed by atoms with Crippen molar-refractivity contribution in [3.8, 4) is 5.75 Å². The number of methoxy groups -OCH3 is 1. The van der Waals surface area contributed by atoms with Crippen LogP contribution in [0.3, 0.4) is 0 Å². The molecule has 3 aromatic rings. The van der Waals surface area contributed by atoms with E-state index in [9.17, 15) is 4.79 Å². The zero-order valence-corrected chi connectivity index (χ0v) is 16.5. The van der Waals surface area contributed by atoms with Gasteiger partial charge in [-0.25, -0.2) is 0 Å². The lowest BCUT2D eigenvalue weighted by Crippen LogP contribution is -2.37. The van der Waals surface area contributed by atoms with Crippen molar-refractivity contribution < 1.29 is 9.53 Å². The van der Waals surface area contributed by atoms with Gasteiger partial charge in [-0.15, -0.1) is 0 Å². The maximum Gasteiger partial charge on any atom is 0.268 e. The molecule has 0 spiro atoms. The lowest BCUT2D eigenvalue weighted by Gasteiger charge is -2.25. The van der Waals surface area contributed by atoms with E-state index in [1.165, 1.54) is 12.8 Å². The van der Waals surface area contributed by atoms with E-state index >= 15 is 0 Å². The number of likely N-dealkylation sites (tertiary alicyclic amines) is 1. The molecule has 0 saturated carbocycles. The van der Waals surface area contributed by atoms with Crippen LogP contribution < -0.4 is 10.1 Å². The van der Waals surface area contributed by atoms with Gasteiger partial charge in [-0.05, 0) is 55.8 Å². The number of amides is 1. The average molecular weight is 377 g/mol. The fraction of sp³-hybridized carbons (Fsp3) is 0.348. The Hall–Kier alpha value is -2.79. The van der Waals surface area contributed by atoms with Crippen LogP contribution >= 0.6 is 0 Å². The van der Waals surface area contributed by atoms with Crippen LogP contribution in [0, 0.1) is 0 Å². The maximum absolute atomic E-state index is 13.2. The monoisotopic (exact) mass is 377 g/mol. The molecular weight excluding hydrogens is 350 g/mol. The molecule has 1 N–H and O–H groups in total. The molecule has 0 bridgehead atoms. The molecule has 1 atom stereocenters. The van der Waals surface area contributed by atoms with Crippen molar-refractivity contribution >= 4 is 16.8 Å². The fourth-order valence-corrected chi connectivity index (χ4v) is 4.05. The molecule has 146 valence electrons. The van der Waals surface area contributed by atoms with E-state index in [4.69, 9.17) is 4.74 Å². The number of ether oxygens (including phenoxy) is 1. The summed E-state index contributed by atoms with van der Waals surface area (Å²) in [5.41, 5.74) is 2.82. The molecular formula is C23H27N3O2. The van der Waals surface area contributed by atoms with Gasteiger partial charge in [-0.3, -0.25) is 4.79 Å². The molecule has 1 aromatic heterocycles. The number of nitrogens with one attached hydrogen (secondary N) is 1. The first-order valence-electron chi connectivity index (χ1n) is 9.87. The topological polar surface area (TPSA) is 46.5 Å². The number of nitrogens with zero attached hydrogens (tertiary/aromatic N) is 2. The highest BCUT2D eigenvalue weighted by atomic mass is 16.5. The second-order valence-corrected chi connectivity index (χ2v) is 7.46. The van der Waals surface area contributed by atoms with Crippen molar-refractivity contribution in [1.82, 2.24) is 14.8 Å². The third-order valence-corrected chi connectivity index (χ3v) is 5.63. The first kappa shape index (κ1) is 18.6. The van der Waals surface area contributed by atoms with E-state index in [-0.39, 0.29) is 11.9 Å². The molecule has 0 radical (unpaired) electrons. The summed E-state index contributed by atoms with van der Waals surface area (Å²) < 4.78 is 7.26. The SMILES string of the molecule is COc1ccc2c(c1)cc(C(=O)NC(CN1CCCC1)c1ccccc1)n2C. The van der Waals surface area contributed by atoms with Crippen molar-refractivity contribution in [3.63, 3.8) is 0 Å². The van der Waals surface area contributed by atoms with E-state index in [2.05, 4.69) is 22.3 Å². The van der Waals surface area contributed by atoms with Crippen molar-refractivity contribution in [2.45, 2.75) is 18.9 Å². The van der Waals surface area contributed by atoms with E-state index in [0.717, 1.165) is 41.9 Å². The highest BCUT2D eigenvalue weighted by Crippen LogP contribution is 2.25. The summed E-state index contributed by atoms with van der Waals surface area (Å²) in [6.45, 7) is 3.05. The first-order chi connectivity index (χ1) is 13.7. The number of rotatable bonds is 6. The number of aryl methyl sites for hydroxylation is 1. The van der Waals surface area contributed by atoms with Crippen LogP contribution in [0.25, 0.3) is 10.9 Å². The molecule has 2 heterocycles. The Balaban J connectivity index is 1.60. The molecule has 28 heavy (non-hydrogen) atoms. The number of benzene rings is 2. The Morgan fingerprint density at radius 3 is 2.57 bits per heavy atom. The Morgan fingerprint density at radius 2 is 1.86 bits per heavy atom. The molecule has 5 heteroatoms. The van der Waals surface area contributed by atoms with Crippen LogP contribution in [0.2, 0.25) is 0 Å². The Morgan fingerprint density at radius 1 is 1.11 bits per heavy atom. The van der Waals surface area contributed by atoms with Gasteiger partial charge in [-0.1, -0.05) is 30.3 Å². The van der Waals surface area contributed by atoms with Crippen molar-refractivity contribution in [2.75, 3.05) is 26.7 Å². The minimum Gasteiger partial charge on any atom is -0.497 e. The molecule has 1 saturated heterocycles. The standard InChI is InChI=1S/C23H27N3O2/c1-25-21-11-10-19(28-2)14-18(21)15-22(25)23(27)24-20(16-26-12-6-7-13-26)17-8-4-3-5-9-17/h3-5,8-11,14-15,20H,6-7,12-13,16H2,1-2H3,(H,24,27). The highest BCUT2D eigenvalue weighted by Gasteiger charge is 2.22. The summed E-state index contributed by atoms with van der Waals surface area (Å²) in [7, 11) is 3.59. The predicted octanol–water partition coefficient (Wildman–Crippen LogP) is 3.75. The number of carbonyl (C=O) groups excluding carboxylic acids is 1. The zero-order valence-electron chi connectivity index (χ0n) is 16.5. The first-order valence-corrected chi connectivity index (χ1v) is 9.87. The summed E-state index contributed by atoms with van der Waals surface area (Å²) in [4.78, 5) is 15.6. The van der Waals surface area contributed by atoms with Crippen LogP contribution in [0.1, 0.15) is 34.9 Å². The Labute approximate surface area is 165 Å². The van der Waals surface area contributed by atoms with Gasteiger partial charge in [0.15, 0.2) is 0 Å². The maximum atomic E-state index is 13.2. The van der Waals surface area contributed by atoms with Gasteiger partial charge in [0.1, 0.15) is 11.4 Å². The summed E-state index contributed by atoms with van der Waals surface area (Å²) in [5, 5.41) is 4.28. The van der Waals surface area contributed by atoms with Crippen LogP contribution in [0.5, 0.6) is 5.75 Å². The zero-order chi connectivity index (χ0) is 19.5. The average Bonchev–Trinajstić information content (AvgIpc) is 3.35. The molecule has 1 amide bonds. The van der Waals surface area contributed by atoms with E-state index < -0.39 is 0 Å². The lowest BCUT2D eigenvalue weighted by molar-refractivity contribution is 0.0919. The number of aromatic nitrogens is 1. The van der Waals surface area contributed by atoms with Crippen LogP contribution in [0.15, 0.2) is 54.6 Å². The molecule has 1 unspecified atom stereocenters. The Bertz CT molecular complexity index is 959. The highest BCUT2D eigenvalue weighted by molar-refractivity contribution is 5.99. The lowest BCUT2D eigenvalue weighted by atomic mass is 10.1. The molecule has 5 nitrogen and oxygen atoms in total. The van der Waals surface area contributed by atoms with Gasteiger partial charge in [0.2, 0.25) is 0 Å². The quantitative estimate of drug-likeness (QED) is 0.712. The summed E-state index contributed by atoms with van der Waals surface area (Å²) in [6, 6.07) is 18.0. The smallest absolute Gasteiger partial charge is 0.268 e. The van der Waals surface area contributed by atoms with Crippen LogP contribution in [-0.2, 0) is 7.05 Å². The molecule has 4 rings (SSSR count). The molecule has 1 fully saturated rings. The van der Waals surface area contributed by atoms with Crippen molar-refractivity contribution in [1.29, 1.82) is 0 Å². The van der Waals surface area contributed by atoms with Crippen LogP contribution in [-0.4, -0.2) is 42.1 Å². The number of carbonyl (C=O) groups is 1.